The number of hydrogen-bond acceptors (Lipinski definition) is 5. The van der Waals surface area contributed by atoms with E-state index in [1.165, 1.54) is 5.56 Å². The molecule has 0 unspecified atom stereocenters. The molecule has 2 heterocycles. The van der Waals surface area contributed by atoms with Gasteiger partial charge in [0.2, 0.25) is 5.95 Å². The molecule has 5 rings (SSSR count). The number of aromatic amines is 1. The summed E-state index contributed by atoms with van der Waals surface area (Å²) in [6, 6.07) is 24.2. The first kappa shape index (κ1) is 18.0. The molecule has 6 heteroatoms. The number of H-pyrrole nitrogens is 1. The summed E-state index contributed by atoms with van der Waals surface area (Å²) < 4.78 is 0. The van der Waals surface area contributed by atoms with Crippen molar-refractivity contribution in [1.82, 2.24) is 19.9 Å². The van der Waals surface area contributed by atoms with Crippen LogP contribution < -0.4 is 5.43 Å². The maximum absolute atomic E-state index is 4.76. The van der Waals surface area contributed by atoms with Gasteiger partial charge in [-0.2, -0.15) is 5.10 Å². The summed E-state index contributed by atoms with van der Waals surface area (Å²) in [5.74, 6) is 1.16. The highest BCUT2D eigenvalue weighted by atomic mass is 15.4. The van der Waals surface area contributed by atoms with Crippen LogP contribution in [0.25, 0.3) is 33.2 Å². The molecule has 0 amide bonds. The standard InChI is InChI=1S/C24H20N6/c1-15-12-13-19-18(14-15)22(17-8-4-3-5-9-17)28-24(27-19)30-29-16(2)23-25-20-10-6-7-11-21(20)26-23/h3-14H,1-2H3,(H,25,26)(H,27,28,30). The third-order valence-electron chi connectivity index (χ3n) is 4.95. The fraction of sp³-hybridized carbons (Fsp3) is 0.0833. The Morgan fingerprint density at radius 1 is 0.867 bits per heavy atom. The first-order valence-electron chi connectivity index (χ1n) is 9.76. The van der Waals surface area contributed by atoms with E-state index >= 15 is 0 Å². The second-order valence-corrected chi connectivity index (χ2v) is 7.19. The predicted molar refractivity (Wildman–Crippen MR) is 122 cm³/mol. The van der Waals surface area contributed by atoms with Gasteiger partial charge in [0.15, 0.2) is 5.82 Å². The van der Waals surface area contributed by atoms with E-state index in [0.717, 1.165) is 38.9 Å². The van der Waals surface area contributed by atoms with Gasteiger partial charge in [-0.1, -0.05) is 54.1 Å². The van der Waals surface area contributed by atoms with E-state index < -0.39 is 0 Å². The van der Waals surface area contributed by atoms with Crippen molar-refractivity contribution in [2.75, 3.05) is 5.43 Å². The monoisotopic (exact) mass is 392 g/mol. The number of rotatable bonds is 4. The Morgan fingerprint density at radius 2 is 1.67 bits per heavy atom. The van der Waals surface area contributed by atoms with Crippen molar-refractivity contribution < 1.29 is 0 Å². The van der Waals surface area contributed by atoms with E-state index in [1.807, 2.05) is 55.5 Å². The summed E-state index contributed by atoms with van der Waals surface area (Å²) in [6.45, 7) is 3.97. The van der Waals surface area contributed by atoms with Crippen LogP contribution in [-0.2, 0) is 0 Å². The molecule has 5 aromatic rings. The van der Waals surface area contributed by atoms with Crippen molar-refractivity contribution in [3.63, 3.8) is 0 Å². The minimum absolute atomic E-state index is 0.445. The van der Waals surface area contributed by atoms with E-state index in [1.54, 1.807) is 0 Å². The molecule has 0 fully saturated rings. The summed E-state index contributed by atoms with van der Waals surface area (Å²) >= 11 is 0. The minimum atomic E-state index is 0.445. The van der Waals surface area contributed by atoms with Crippen LogP contribution in [-0.4, -0.2) is 25.6 Å². The minimum Gasteiger partial charge on any atom is -0.337 e. The van der Waals surface area contributed by atoms with Gasteiger partial charge in [-0.3, -0.25) is 0 Å². The molecule has 0 aliphatic heterocycles. The van der Waals surface area contributed by atoms with Gasteiger partial charge in [0.05, 0.1) is 22.2 Å². The Morgan fingerprint density at radius 3 is 2.50 bits per heavy atom. The van der Waals surface area contributed by atoms with E-state index in [4.69, 9.17) is 4.98 Å². The van der Waals surface area contributed by atoms with Crippen LogP contribution in [0.2, 0.25) is 0 Å². The molecule has 3 aromatic carbocycles. The zero-order chi connectivity index (χ0) is 20.5. The molecule has 30 heavy (non-hydrogen) atoms. The highest BCUT2D eigenvalue weighted by molar-refractivity contribution is 5.98. The molecule has 0 bridgehead atoms. The van der Waals surface area contributed by atoms with Crippen LogP contribution in [0.15, 0.2) is 77.9 Å². The average Bonchev–Trinajstić information content (AvgIpc) is 3.22. The molecule has 2 N–H and O–H groups in total. The van der Waals surface area contributed by atoms with Crippen LogP contribution in [0.4, 0.5) is 5.95 Å². The van der Waals surface area contributed by atoms with Gasteiger partial charge in [0.1, 0.15) is 5.71 Å². The molecule has 2 aromatic heterocycles. The van der Waals surface area contributed by atoms with Crippen LogP contribution >= 0.6 is 0 Å². The number of anilines is 1. The highest BCUT2D eigenvalue weighted by Crippen LogP contribution is 2.28. The average molecular weight is 392 g/mol. The lowest BCUT2D eigenvalue weighted by Crippen LogP contribution is -2.05. The number of nitrogens with one attached hydrogen (secondary N) is 2. The lowest BCUT2D eigenvalue weighted by atomic mass is 10.0. The Labute approximate surface area is 173 Å². The maximum atomic E-state index is 4.76. The van der Waals surface area contributed by atoms with Crippen LogP contribution in [0.3, 0.4) is 0 Å². The number of fused-ring (bicyclic) bond motifs is 2. The largest absolute Gasteiger partial charge is 0.337 e. The normalized spacial score (nSPS) is 11.9. The summed E-state index contributed by atoms with van der Waals surface area (Å²) in [5.41, 5.74) is 9.57. The molecule has 0 radical (unpaired) electrons. The number of benzene rings is 3. The maximum Gasteiger partial charge on any atom is 0.244 e. The fourth-order valence-corrected chi connectivity index (χ4v) is 3.42. The second-order valence-electron chi connectivity index (χ2n) is 7.19. The zero-order valence-corrected chi connectivity index (χ0v) is 16.7. The quantitative estimate of drug-likeness (QED) is 0.321. The third kappa shape index (κ3) is 3.39. The number of hydrogen-bond donors (Lipinski definition) is 2. The molecule has 0 aliphatic rings. The summed E-state index contributed by atoms with van der Waals surface area (Å²) in [7, 11) is 0. The Hall–Kier alpha value is -4.06. The molecule has 0 aliphatic carbocycles. The van der Waals surface area contributed by atoms with E-state index in [0.29, 0.717) is 11.8 Å². The summed E-state index contributed by atoms with van der Waals surface area (Å²) in [6.07, 6.45) is 0. The first-order valence-corrected chi connectivity index (χ1v) is 9.76. The van der Waals surface area contributed by atoms with Crippen molar-refractivity contribution in [2.24, 2.45) is 5.10 Å². The summed E-state index contributed by atoms with van der Waals surface area (Å²) in [5, 5.41) is 5.49. The topological polar surface area (TPSA) is 78.8 Å². The van der Waals surface area contributed by atoms with E-state index in [9.17, 15) is 0 Å². The second kappa shape index (κ2) is 7.40. The van der Waals surface area contributed by atoms with Crippen molar-refractivity contribution >= 4 is 33.6 Å². The van der Waals surface area contributed by atoms with E-state index in [2.05, 4.69) is 56.7 Å². The third-order valence-corrected chi connectivity index (χ3v) is 4.95. The summed E-state index contributed by atoms with van der Waals surface area (Å²) in [4.78, 5) is 17.3. The van der Waals surface area contributed by atoms with Gasteiger partial charge >= 0.3 is 0 Å². The number of aryl methyl sites for hydroxylation is 1. The van der Waals surface area contributed by atoms with Crippen LogP contribution in [0.5, 0.6) is 0 Å². The molecule has 0 saturated heterocycles. The van der Waals surface area contributed by atoms with Gasteiger partial charge in [-0.15, -0.1) is 0 Å². The smallest absolute Gasteiger partial charge is 0.244 e. The first-order chi connectivity index (χ1) is 14.7. The number of imidazole rings is 1. The molecular weight excluding hydrogens is 372 g/mol. The van der Waals surface area contributed by atoms with Crippen molar-refractivity contribution in [3.05, 3.63) is 84.2 Å². The molecular formula is C24H20N6. The Balaban J connectivity index is 1.54. The van der Waals surface area contributed by atoms with Gasteiger partial charge < -0.3 is 4.98 Å². The lowest BCUT2D eigenvalue weighted by Gasteiger charge is -2.09. The molecule has 0 saturated carbocycles. The Bertz CT molecular complexity index is 1350. The zero-order valence-electron chi connectivity index (χ0n) is 16.7. The molecule has 146 valence electrons. The molecule has 0 atom stereocenters. The van der Waals surface area contributed by atoms with Gasteiger partial charge in [0, 0.05) is 10.9 Å². The van der Waals surface area contributed by atoms with Crippen LogP contribution in [0, 0.1) is 6.92 Å². The number of hydrazone groups is 1. The van der Waals surface area contributed by atoms with E-state index in [-0.39, 0.29) is 0 Å². The van der Waals surface area contributed by atoms with Gasteiger partial charge in [-0.25, -0.2) is 20.4 Å². The van der Waals surface area contributed by atoms with Crippen LogP contribution in [0.1, 0.15) is 18.3 Å². The SMILES string of the molecule is CC(=NNc1nc(-c2ccccc2)c2cc(C)ccc2n1)c1nc2ccccc2[nH]1. The molecule has 6 nitrogen and oxygen atoms in total. The van der Waals surface area contributed by atoms with Crippen molar-refractivity contribution in [2.45, 2.75) is 13.8 Å². The van der Waals surface area contributed by atoms with Gasteiger partial charge in [-0.05, 0) is 38.1 Å². The predicted octanol–water partition coefficient (Wildman–Crippen LogP) is 5.32. The Kier molecular flexibility index (Phi) is 4.44. The number of para-hydroxylation sites is 2. The van der Waals surface area contributed by atoms with Crippen molar-refractivity contribution in [1.29, 1.82) is 0 Å². The number of nitrogens with zero attached hydrogens (tertiary/aromatic N) is 4. The molecule has 0 spiro atoms. The number of aromatic nitrogens is 4. The van der Waals surface area contributed by atoms with Gasteiger partial charge in [0.25, 0.3) is 0 Å². The fourth-order valence-electron chi connectivity index (χ4n) is 3.42. The van der Waals surface area contributed by atoms with Crippen molar-refractivity contribution in [3.8, 4) is 11.3 Å². The lowest BCUT2D eigenvalue weighted by molar-refractivity contribution is 1.14. The highest BCUT2D eigenvalue weighted by Gasteiger charge is 2.11.